The highest BCUT2D eigenvalue weighted by atomic mass is 16.5. The summed E-state index contributed by atoms with van der Waals surface area (Å²) < 4.78 is 5.15. The molecule has 2 N–H and O–H groups in total. The molecule has 1 aliphatic heterocycles. The van der Waals surface area contributed by atoms with Crippen LogP contribution in [0.25, 0.3) is 0 Å². The minimum absolute atomic E-state index is 0.125. The molecule has 4 heteroatoms. The molecule has 0 amide bonds. The number of esters is 1. The number of rotatable bonds is 3. The minimum Gasteiger partial charge on any atom is -0.464 e. The van der Waals surface area contributed by atoms with E-state index >= 15 is 0 Å². The fourth-order valence-electron chi connectivity index (χ4n) is 2.43. The Morgan fingerprint density at radius 1 is 1.50 bits per heavy atom. The summed E-state index contributed by atoms with van der Waals surface area (Å²) in [6.45, 7) is 3.15. The lowest BCUT2D eigenvalue weighted by Crippen LogP contribution is -2.45. The number of hydrogen-bond donors (Lipinski definition) is 1. The predicted octanol–water partition coefficient (Wildman–Crippen LogP) is 2.19. The van der Waals surface area contributed by atoms with Crippen LogP contribution in [0.4, 0.5) is 11.4 Å². The van der Waals surface area contributed by atoms with Gasteiger partial charge in [-0.2, -0.15) is 0 Å². The molecule has 0 radical (unpaired) electrons. The van der Waals surface area contributed by atoms with E-state index in [1.54, 1.807) is 0 Å². The highest BCUT2D eigenvalue weighted by Crippen LogP contribution is 2.26. The van der Waals surface area contributed by atoms with Crippen LogP contribution >= 0.6 is 0 Å². The number of ether oxygens (including phenoxy) is 1. The maximum atomic E-state index is 12.0. The van der Waals surface area contributed by atoms with Crippen molar-refractivity contribution >= 4 is 17.3 Å². The van der Waals surface area contributed by atoms with Gasteiger partial charge in [-0.25, -0.2) is 4.79 Å². The van der Waals surface area contributed by atoms with Gasteiger partial charge in [-0.1, -0.05) is 6.07 Å². The molecule has 1 atom stereocenters. The van der Waals surface area contributed by atoms with E-state index in [0.29, 0.717) is 6.61 Å². The maximum absolute atomic E-state index is 12.0. The molecule has 1 fully saturated rings. The number of nitrogens with two attached hydrogens (primary N) is 1. The second-order valence-electron chi connectivity index (χ2n) is 4.55. The van der Waals surface area contributed by atoms with Crippen molar-refractivity contribution < 1.29 is 9.53 Å². The lowest BCUT2D eigenvalue weighted by atomic mass is 10.0. The van der Waals surface area contributed by atoms with Crippen LogP contribution in [0.2, 0.25) is 0 Å². The summed E-state index contributed by atoms with van der Waals surface area (Å²) in [5.74, 6) is -0.125. The van der Waals surface area contributed by atoms with Gasteiger partial charge in [0.25, 0.3) is 0 Å². The topological polar surface area (TPSA) is 55.6 Å². The fourth-order valence-corrected chi connectivity index (χ4v) is 2.43. The van der Waals surface area contributed by atoms with Gasteiger partial charge >= 0.3 is 5.97 Å². The average Bonchev–Trinajstić information content (AvgIpc) is 2.39. The highest BCUT2D eigenvalue weighted by Gasteiger charge is 2.29. The summed E-state index contributed by atoms with van der Waals surface area (Å²) in [5.41, 5.74) is 7.53. The van der Waals surface area contributed by atoms with E-state index in [1.807, 2.05) is 31.2 Å². The predicted molar refractivity (Wildman–Crippen MR) is 72.5 cm³/mol. The molecule has 0 spiro atoms. The molecule has 1 saturated heterocycles. The van der Waals surface area contributed by atoms with Gasteiger partial charge in [0.15, 0.2) is 0 Å². The Hall–Kier alpha value is -1.71. The number of carbonyl (C=O) groups is 1. The van der Waals surface area contributed by atoms with Crippen molar-refractivity contribution in [1.82, 2.24) is 0 Å². The normalized spacial score (nSPS) is 19.6. The first-order valence-corrected chi connectivity index (χ1v) is 6.51. The zero-order valence-corrected chi connectivity index (χ0v) is 10.8. The van der Waals surface area contributed by atoms with E-state index in [4.69, 9.17) is 10.5 Å². The number of carbonyl (C=O) groups excluding carboxylic acids is 1. The number of nitrogen functional groups attached to an aromatic ring is 1. The van der Waals surface area contributed by atoms with Gasteiger partial charge < -0.3 is 15.4 Å². The van der Waals surface area contributed by atoms with Crippen LogP contribution in [0.3, 0.4) is 0 Å². The van der Waals surface area contributed by atoms with Crippen LogP contribution in [0.15, 0.2) is 24.3 Å². The van der Waals surface area contributed by atoms with Gasteiger partial charge in [-0.3, -0.25) is 0 Å². The van der Waals surface area contributed by atoms with Crippen molar-refractivity contribution in [2.75, 3.05) is 23.8 Å². The van der Waals surface area contributed by atoms with Gasteiger partial charge in [0.2, 0.25) is 0 Å². The summed E-state index contributed by atoms with van der Waals surface area (Å²) >= 11 is 0. The molecular weight excluding hydrogens is 228 g/mol. The molecule has 4 nitrogen and oxygen atoms in total. The smallest absolute Gasteiger partial charge is 0.328 e. The quantitative estimate of drug-likeness (QED) is 0.658. The maximum Gasteiger partial charge on any atom is 0.328 e. The van der Waals surface area contributed by atoms with E-state index in [0.717, 1.165) is 37.2 Å². The fraction of sp³-hybridized carbons (Fsp3) is 0.500. The van der Waals surface area contributed by atoms with Crippen LogP contribution in [0, 0.1) is 0 Å². The molecule has 1 aromatic carbocycles. The summed E-state index contributed by atoms with van der Waals surface area (Å²) in [6.07, 6.45) is 3.03. The van der Waals surface area contributed by atoms with Crippen LogP contribution in [0.1, 0.15) is 26.2 Å². The van der Waals surface area contributed by atoms with E-state index in [2.05, 4.69) is 4.90 Å². The molecule has 1 heterocycles. The monoisotopic (exact) mass is 248 g/mol. The summed E-state index contributed by atoms with van der Waals surface area (Å²) in [7, 11) is 0. The van der Waals surface area contributed by atoms with Crippen molar-refractivity contribution in [2.45, 2.75) is 32.2 Å². The van der Waals surface area contributed by atoms with Crippen LogP contribution in [-0.2, 0) is 9.53 Å². The van der Waals surface area contributed by atoms with Crippen molar-refractivity contribution in [1.29, 1.82) is 0 Å². The third-order valence-corrected chi connectivity index (χ3v) is 3.26. The van der Waals surface area contributed by atoms with Crippen molar-refractivity contribution in [3.05, 3.63) is 24.3 Å². The van der Waals surface area contributed by atoms with Crippen molar-refractivity contribution in [2.24, 2.45) is 0 Å². The third kappa shape index (κ3) is 2.75. The Morgan fingerprint density at radius 2 is 2.33 bits per heavy atom. The largest absolute Gasteiger partial charge is 0.464 e. The SMILES string of the molecule is CCOC(=O)C1CCCCN1c1cccc(N)c1. The van der Waals surface area contributed by atoms with E-state index in [9.17, 15) is 4.79 Å². The Kier molecular flexibility index (Phi) is 4.07. The van der Waals surface area contributed by atoms with Gasteiger partial charge in [0.05, 0.1) is 6.61 Å². The Balaban J connectivity index is 2.20. The number of piperidine rings is 1. The van der Waals surface area contributed by atoms with E-state index in [1.165, 1.54) is 0 Å². The molecule has 0 aromatic heterocycles. The molecule has 0 aliphatic carbocycles. The summed E-state index contributed by atoms with van der Waals surface area (Å²) in [4.78, 5) is 14.1. The standard InChI is InChI=1S/C14H20N2O2/c1-2-18-14(17)13-8-3-4-9-16(13)12-7-5-6-11(15)10-12/h5-7,10,13H,2-4,8-9,15H2,1H3. The van der Waals surface area contributed by atoms with E-state index in [-0.39, 0.29) is 12.0 Å². The molecule has 2 rings (SSSR count). The van der Waals surface area contributed by atoms with Crippen molar-refractivity contribution in [3.8, 4) is 0 Å². The molecule has 0 saturated carbocycles. The summed E-state index contributed by atoms with van der Waals surface area (Å²) in [5, 5.41) is 0. The van der Waals surface area contributed by atoms with E-state index < -0.39 is 0 Å². The first kappa shape index (κ1) is 12.7. The minimum atomic E-state index is -0.166. The highest BCUT2D eigenvalue weighted by molar-refractivity contribution is 5.80. The molecule has 98 valence electrons. The zero-order valence-electron chi connectivity index (χ0n) is 10.8. The molecule has 18 heavy (non-hydrogen) atoms. The first-order valence-electron chi connectivity index (χ1n) is 6.51. The Morgan fingerprint density at radius 3 is 3.06 bits per heavy atom. The van der Waals surface area contributed by atoms with Gasteiger partial charge in [-0.05, 0) is 44.4 Å². The second kappa shape index (κ2) is 5.76. The van der Waals surface area contributed by atoms with Gasteiger partial charge in [-0.15, -0.1) is 0 Å². The first-order chi connectivity index (χ1) is 8.72. The molecule has 1 unspecified atom stereocenters. The lowest BCUT2D eigenvalue weighted by Gasteiger charge is -2.35. The molecular formula is C14H20N2O2. The Bertz CT molecular complexity index is 420. The average molecular weight is 248 g/mol. The number of nitrogens with zero attached hydrogens (tertiary/aromatic N) is 1. The third-order valence-electron chi connectivity index (χ3n) is 3.26. The zero-order chi connectivity index (χ0) is 13.0. The summed E-state index contributed by atoms with van der Waals surface area (Å²) in [6, 6.07) is 7.51. The number of hydrogen-bond acceptors (Lipinski definition) is 4. The van der Waals surface area contributed by atoms with Crippen LogP contribution in [0.5, 0.6) is 0 Å². The molecule has 1 aliphatic rings. The Labute approximate surface area is 108 Å². The van der Waals surface area contributed by atoms with Crippen molar-refractivity contribution in [3.63, 3.8) is 0 Å². The molecule has 0 bridgehead atoms. The van der Waals surface area contributed by atoms with Crippen LogP contribution < -0.4 is 10.6 Å². The number of anilines is 2. The lowest BCUT2D eigenvalue weighted by molar-refractivity contribution is -0.145. The number of benzene rings is 1. The van der Waals surface area contributed by atoms with Gasteiger partial charge in [0.1, 0.15) is 6.04 Å². The van der Waals surface area contributed by atoms with Crippen LogP contribution in [-0.4, -0.2) is 25.2 Å². The van der Waals surface area contributed by atoms with Gasteiger partial charge in [0, 0.05) is 17.9 Å². The molecule has 1 aromatic rings. The second-order valence-corrected chi connectivity index (χ2v) is 4.55.